The molecular formula is C23H26N4O2. The van der Waals surface area contributed by atoms with Crippen LogP contribution in [0.3, 0.4) is 0 Å². The molecular weight excluding hydrogens is 364 g/mol. The first-order valence-corrected chi connectivity index (χ1v) is 10.3. The molecule has 3 heterocycles. The van der Waals surface area contributed by atoms with Gasteiger partial charge in [0.25, 0.3) is 0 Å². The van der Waals surface area contributed by atoms with Crippen molar-refractivity contribution >= 4 is 0 Å². The molecule has 0 saturated heterocycles. The Balaban J connectivity index is 1.35. The van der Waals surface area contributed by atoms with Crippen LogP contribution in [0, 0.1) is 6.92 Å². The molecule has 1 fully saturated rings. The number of aryl methyl sites for hydroxylation is 1. The average Bonchev–Trinajstić information content (AvgIpc) is 3.41. The maximum absolute atomic E-state index is 10.3. The maximum atomic E-state index is 10.3. The highest BCUT2D eigenvalue weighted by Gasteiger charge is 2.33. The van der Waals surface area contributed by atoms with Gasteiger partial charge in [-0.15, -0.1) is 0 Å². The van der Waals surface area contributed by atoms with Crippen LogP contribution < -0.4 is 4.74 Å². The number of aromatic nitrogens is 3. The van der Waals surface area contributed by atoms with E-state index < -0.39 is 0 Å². The molecule has 0 unspecified atom stereocenters. The molecule has 29 heavy (non-hydrogen) atoms. The van der Waals surface area contributed by atoms with Crippen molar-refractivity contribution in [2.75, 3.05) is 6.73 Å². The Labute approximate surface area is 170 Å². The Morgan fingerprint density at radius 1 is 1.24 bits per heavy atom. The molecule has 3 aromatic rings. The Morgan fingerprint density at radius 2 is 2.17 bits per heavy atom. The van der Waals surface area contributed by atoms with Gasteiger partial charge in [0.1, 0.15) is 12.5 Å². The predicted molar refractivity (Wildman–Crippen MR) is 110 cm³/mol. The zero-order valence-corrected chi connectivity index (χ0v) is 16.7. The second-order valence-electron chi connectivity index (χ2n) is 8.12. The van der Waals surface area contributed by atoms with E-state index >= 15 is 0 Å². The lowest BCUT2D eigenvalue weighted by Gasteiger charge is -2.35. The van der Waals surface area contributed by atoms with Gasteiger partial charge < -0.3 is 9.84 Å². The summed E-state index contributed by atoms with van der Waals surface area (Å²) in [5.74, 6) is 1.79. The summed E-state index contributed by atoms with van der Waals surface area (Å²) in [5.41, 5.74) is 4.89. The molecule has 1 saturated carbocycles. The Morgan fingerprint density at radius 3 is 2.90 bits per heavy atom. The van der Waals surface area contributed by atoms with Gasteiger partial charge in [0.2, 0.25) is 0 Å². The standard InChI is InChI=1S/C23H26N4O2/c1-16-10-22-19(14-26(15-29-22)20-4-2-5-21(20)28)12-18(16)11-17-6-7-23(24-13-17)27-9-3-8-25-27/h3,6-10,12-13,20-21,28H,2,4-5,11,14-15H2,1H3/t20-,21-/m0/s1. The van der Waals surface area contributed by atoms with E-state index in [9.17, 15) is 5.11 Å². The summed E-state index contributed by atoms with van der Waals surface area (Å²) in [6.07, 6.45) is 9.21. The van der Waals surface area contributed by atoms with Gasteiger partial charge in [-0.2, -0.15) is 5.10 Å². The minimum atomic E-state index is -0.232. The molecule has 0 amide bonds. The van der Waals surface area contributed by atoms with E-state index in [4.69, 9.17) is 4.74 Å². The molecule has 1 aliphatic heterocycles. The summed E-state index contributed by atoms with van der Waals surface area (Å²) in [6, 6.07) is 10.6. The van der Waals surface area contributed by atoms with Crippen molar-refractivity contribution in [3.63, 3.8) is 0 Å². The summed E-state index contributed by atoms with van der Waals surface area (Å²) in [7, 11) is 0. The van der Waals surface area contributed by atoms with E-state index in [1.165, 1.54) is 22.3 Å². The van der Waals surface area contributed by atoms with Crippen molar-refractivity contribution in [2.24, 2.45) is 0 Å². The fourth-order valence-corrected chi connectivity index (χ4v) is 4.48. The van der Waals surface area contributed by atoms with Crippen molar-refractivity contribution in [3.05, 3.63) is 71.2 Å². The fraction of sp³-hybridized carbons (Fsp3) is 0.391. The van der Waals surface area contributed by atoms with Crippen LogP contribution in [-0.4, -0.2) is 43.6 Å². The van der Waals surface area contributed by atoms with E-state index in [1.807, 2.05) is 24.5 Å². The van der Waals surface area contributed by atoms with Crippen LogP contribution >= 0.6 is 0 Å². The molecule has 6 nitrogen and oxygen atoms in total. The van der Waals surface area contributed by atoms with Gasteiger partial charge in [0, 0.05) is 36.7 Å². The van der Waals surface area contributed by atoms with Crippen LogP contribution in [0.4, 0.5) is 0 Å². The van der Waals surface area contributed by atoms with Gasteiger partial charge in [-0.05, 0) is 67.5 Å². The van der Waals surface area contributed by atoms with E-state index in [1.54, 1.807) is 10.9 Å². The summed E-state index contributed by atoms with van der Waals surface area (Å²) in [5, 5.41) is 14.5. The van der Waals surface area contributed by atoms with Crippen molar-refractivity contribution in [1.82, 2.24) is 19.7 Å². The van der Waals surface area contributed by atoms with Crippen molar-refractivity contribution in [3.8, 4) is 11.6 Å². The molecule has 0 radical (unpaired) electrons. The molecule has 2 aromatic heterocycles. The van der Waals surface area contributed by atoms with Crippen LogP contribution in [0.25, 0.3) is 5.82 Å². The minimum absolute atomic E-state index is 0.215. The average molecular weight is 390 g/mol. The Kier molecular flexibility index (Phi) is 4.81. The number of benzene rings is 1. The van der Waals surface area contributed by atoms with Crippen LogP contribution in [0.15, 0.2) is 48.9 Å². The molecule has 5 rings (SSSR count). The third kappa shape index (κ3) is 3.66. The van der Waals surface area contributed by atoms with Crippen LogP contribution in [0.5, 0.6) is 5.75 Å². The highest BCUT2D eigenvalue weighted by molar-refractivity contribution is 5.45. The van der Waals surface area contributed by atoms with Crippen molar-refractivity contribution in [1.29, 1.82) is 0 Å². The lowest BCUT2D eigenvalue weighted by Crippen LogP contribution is -2.44. The molecule has 2 aliphatic rings. The molecule has 1 N–H and O–H groups in total. The topological polar surface area (TPSA) is 63.4 Å². The maximum Gasteiger partial charge on any atom is 0.153 e. The lowest BCUT2D eigenvalue weighted by atomic mass is 9.97. The number of fused-ring (bicyclic) bond motifs is 1. The van der Waals surface area contributed by atoms with E-state index in [0.29, 0.717) is 6.73 Å². The van der Waals surface area contributed by atoms with Gasteiger partial charge in [-0.3, -0.25) is 4.90 Å². The highest BCUT2D eigenvalue weighted by atomic mass is 16.5. The molecule has 0 spiro atoms. The van der Waals surface area contributed by atoms with Crippen molar-refractivity contribution < 1.29 is 9.84 Å². The molecule has 2 atom stereocenters. The number of nitrogens with zero attached hydrogens (tertiary/aromatic N) is 4. The van der Waals surface area contributed by atoms with Gasteiger partial charge in [-0.1, -0.05) is 12.1 Å². The third-order valence-electron chi connectivity index (χ3n) is 6.13. The number of pyridine rings is 1. The monoisotopic (exact) mass is 390 g/mol. The second-order valence-corrected chi connectivity index (χ2v) is 8.12. The lowest BCUT2D eigenvalue weighted by molar-refractivity contribution is 0.00556. The normalized spacial score (nSPS) is 21.7. The molecule has 1 aliphatic carbocycles. The number of hydrogen-bond donors (Lipinski definition) is 1. The number of aliphatic hydroxyl groups excluding tert-OH is 1. The van der Waals surface area contributed by atoms with Gasteiger partial charge >= 0.3 is 0 Å². The largest absolute Gasteiger partial charge is 0.478 e. The fourth-order valence-electron chi connectivity index (χ4n) is 4.48. The van der Waals surface area contributed by atoms with E-state index in [2.05, 4.69) is 40.1 Å². The van der Waals surface area contributed by atoms with Crippen molar-refractivity contribution in [2.45, 2.75) is 51.3 Å². The number of rotatable bonds is 4. The van der Waals surface area contributed by atoms with Crippen LogP contribution in [-0.2, 0) is 13.0 Å². The summed E-state index contributed by atoms with van der Waals surface area (Å²) >= 11 is 0. The van der Waals surface area contributed by atoms with E-state index in [0.717, 1.165) is 43.8 Å². The minimum Gasteiger partial charge on any atom is -0.478 e. The first-order valence-electron chi connectivity index (χ1n) is 10.3. The zero-order valence-electron chi connectivity index (χ0n) is 16.7. The number of hydrogen-bond acceptors (Lipinski definition) is 5. The second kappa shape index (κ2) is 7.61. The van der Waals surface area contributed by atoms with Gasteiger partial charge in [0.15, 0.2) is 5.82 Å². The number of ether oxygens (including phenoxy) is 1. The molecule has 6 heteroatoms. The smallest absolute Gasteiger partial charge is 0.153 e. The number of aliphatic hydroxyl groups is 1. The van der Waals surface area contributed by atoms with E-state index in [-0.39, 0.29) is 12.1 Å². The van der Waals surface area contributed by atoms with Gasteiger partial charge in [-0.25, -0.2) is 9.67 Å². The molecule has 150 valence electrons. The summed E-state index contributed by atoms with van der Waals surface area (Å²) in [4.78, 5) is 6.82. The molecule has 0 bridgehead atoms. The highest BCUT2D eigenvalue weighted by Crippen LogP contribution is 2.33. The summed E-state index contributed by atoms with van der Waals surface area (Å²) in [6.45, 7) is 3.53. The SMILES string of the molecule is Cc1cc2c(cc1Cc1ccc(-n3cccn3)nc1)CN([C@H]1CCC[C@@H]1O)CO2. The molecule has 1 aromatic carbocycles. The zero-order chi connectivity index (χ0) is 19.8. The third-order valence-corrected chi connectivity index (χ3v) is 6.13. The first-order chi connectivity index (χ1) is 14.2. The quantitative estimate of drug-likeness (QED) is 0.741. The van der Waals surface area contributed by atoms with Crippen LogP contribution in [0.1, 0.15) is 41.5 Å². The first kappa shape index (κ1) is 18.3. The van der Waals surface area contributed by atoms with Gasteiger partial charge in [0.05, 0.1) is 6.10 Å². The Bertz CT molecular complexity index is 985. The predicted octanol–water partition coefficient (Wildman–Crippen LogP) is 3.23. The Hall–Kier alpha value is -2.70. The summed E-state index contributed by atoms with van der Waals surface area (Å²) < 4.78 is 7.79. The van der Waals surface area contributed by atoms with Crippen LogP contribution in [0.2, 0.25) is 0 Å².